The topological polar surface area (TPSA) is 41.9 Å². The highest BCUT2D eigenvalue weighted by molar-refractivity contribution is 7.02. The molecule has 40 heavy (non-hydrogen) atoms. The van der Waals surface area contributed by atoms with E-state index in [0.717, 1.165) is 37.7 Å². The molecule has 5 heteroatoms. The lowest BCUT2D eigenvalue weighted by molar-refractivity contribution is -0.110. The van der Waals surface area contributed by atoms with Crippen molar-refractivity contribution in [1.82, 2.24) is 0 Å². The predicted octanol–water partition coefficient (Wildman–Crippen LogP) is 8.76. The number of benzene rings is 1. The van der Waals surface area contributed by atoms with Gasteiger partial charge in [0.15, 0.2) is 5.78 Å². The van der Waals surface area contributed by atoms with Crippen LogP contribution in [0.15, 0.2) is 46.6 Å². The van der Waals surface area contributed by atoms with Gasteiger partial charge in [0.2, 0.25) is 0 Å². The lowest BCUT2D eigenvalue weighted by atomic mass is 10.0. The molecule has 4 nitrogen and oxygen atoms in total. The molecule has 0 amide bonds. The van der Waals surface area contributed by atoms with Crippen molar-refractivity contribution in [2.75, 3.05) is 31.2 Å². The summed E-state index contributed by atoms with van der Waals surface area (Å²) in [4.78, 5) is 19.9. The van der Waals surface area contributed by atoms with Gasteiger partial charge in [-0.25, -0.2) is 4.99 Å². The standard InChI is InChI=1S/C35H54N2O2Si/c1-3-4-5-6-7-8-9-10-11-12-13-14-15-16-17-18-27-40(2)34-28-30(37-23-25-39-26-24-37)19-21-32(34)36-33-22-20-31(38)29-35(33)40/h19-22,28-29H,3-18,23-27H2,1-2H3. The first-order chi connectivity index (χ1) is 19.6. The summed E-state index contributed by atoms with van der Waals surface area (Å²) in [6.07, 6.45) is 27.8. The van der Waals surface area contributed by atoms with Crippen molar-refractivity contribution in [3.63, 3.8) is 0 Å². The number of nitrogens with zero attached hydrogens (tertiary/aromatic N) is 2. The molecule has 0 N–H and O–H groups in total. The van der Waals surface area contributed by atoms with Gasteiger partial charge < -0.3 is 9.64 Å². The fourth-order valence-corrected chi connectivity index (χ4v) is 10.8. The molecule has 2 aliphatic heterocycles. The number of carbonyl (C=O) groups excluding carboxylic acids is 1. The fourth-order valence-electron chi connectivity index (χ4n) is 6.71. The highest BCUT2D eigenvalue weighted by atomic mass is 28.3. The number of rotatable bonds is 18. The third kappa shape index (κ3) is 8.76. The van der Waals surface area contributed by atoms with Gasteiger partial charge in [-0.2, -0.15) is 0 Å². The highest BCUT2D eigenvalue weighted by Crippen LogP contribution is 2.36. The van der Waals surface area contributed by atoms with Crippen LogP contribution in [0.1, 0.15) is 110 Å². The summed E-state index contributed by atoms with van der Waals surface area (Å²) >= 11 is 0. The number of aliphatic imine (C=N–C) groups is 1. The Morgan fingerprint density at radius 1 is 0.800 bits per heavy atom. The highest BCUT2D eigenvalue weighted by Gasteiger charge is 2.41. The smallest absolute Gasteiger partial charge is 0.178 e. The lowest BCUT2D eigenvalue weighted by Crippen LogP contribution is -2.52. The van der Waals surface area contributed by atoms with Gasteiger partial charge in [0.25, 0.3) is 0 Å². The number of hydrogen-bond acceptors (Lipinski definition) is 4. The van der Waals surface area contributed by atoms with E-state index in [4.69, 9.17) is 9.73 Å². The molecule has 0 radical (unpaired) electrons. The van der Waals surface area contributed by atoms with Gasteiger partial charge in [-0.05, 0) is 52.9 Å². The van der Waals surface area contributed by atoms with E-state index in [1.807, 2.05) is 12.2 Å². The van der Waals surface area contributed by atoms with E-state index in [0.29, 0.717) is 0 Å². The normalized spacial score (nSPS) is 20.2. The Bertz CT molecular complexity index is 1040. The second-order valence-electron chi connectivity index (χ2n) is 12.5. The van der Waals surface area contributed by atoms with Crippen molar-refractivity contribution >= 4 is 36.1 Å². The van der Waals surface area contributed by atoms with Gasteiger partial charge in [-0.1, -0.05) is 116 Å². The van der Waals surface area contributed by atoms with Crippen molar-refractivity contribution in [3.05, 3.63) is 41.6 Å². The second-order valence-corrected chi connectivity index (χ2v) is 16.7. The average Bonchev–Trinajstić information content (AvgIpc) is 2.98. The molecule has 0 saturated carbocycles. The minimum atomic E-state index is -2.06. The van der Waals surface area contributed by atoms with Crippen LogP contribution in [0, 0.1) is 0 Å². The van der Waals surface area contributed by atoms with Crippen LogP contribution >= 0.6 is 0 Å². The summed E-state index contributed by atoms with van der Waals surface area (Å²) in [6.45, 7) is 8.23. The van der Waals surface area contributed by atoms with Crippen LogP contribution in [0.25, 0.3) is 0 Å². The number of unbranched alkanes of at least 4 members (excludes halogenated alkanes) is 15. The quantitative estimate of drug-likeness (QED) is 0.102. The number of carbonyl (C=O) groups is 1. The number of fused-ring (bicyclic) bond motifs is 2. The van der Waals surface area contributed by atoms with Gasteiger partial charge in [0, 0.05) is 18.8 Å². The average molecular weight is 563 g/mol. The molecular weight excluding hydrogens is 508 g/mol. The van der Waals surface area contributed by atoms with Crippen molar-refractivity contribution in [2.24, 2.45) is 4.99 Å². The van der Waals surface area contributed by atoms with Crippen LogP contribution in [0.4, 0.5) is 11.4 Å². The minimum Gasteiger partial charge on any atom is -0.378 e. The van der Waals surface area contributed by atoms with Gasteiger partial charge in [0.05, 0.1) is 24.6 Å². The van der Waals surface area contributed by atoms with Crippen molar-refractivity contribution in [3.8, 4) is 0 Å². The SMILES string of the molecule is CCCCCCCCCCCCCCCCCC[Si]1(C)C2=CC(=O)C=CC2=Nc2ccc(N3CCOCC3)cc21. The van der Waals surface area contributed by atoms with E-state index < -0.39 is 8.07 Å². The number of anilines is 1. The Hall–Kier alpha value is -1.98. The molecule has 1 atom stereocenters. The molecule has 1 aromatic carbocycles. The first kappa shape index (κ1) is 31.0. The molecule has 0 aromatic heterocycles. The molecule has 1 saturated heterocycles. The first-order valence-corrected chi connectivity index (χ1v) is 19.3. The van der Waals surface area contributed by atoms with E-state index in [1.165, 1.54) is 125 Å². The molecule has 1 aliphatic carbocycles. The van der Waals surface area contributed by atoms with Gasteiger partial charge >= 0.3 is 0 Å². The largest absolute Gasteiger partial charge is 0.378 e. The molecule has 0 bridgehead atoms. The van der Waals surface area contributed by atoms with Crippen molar-refractivity contribution < 1.29 is 9.53 Å². The Labute approximate surface area is 245 Å². The maximum atomic E-state index is 12.4. The van der Waals surface area contributed by atoms with E-state index in [9.17, 15) is 4.79 Å². The third-order valence-electron chi connectivity index (χ3n) is 9.28. The zero-order valence-electron chi connectivity index (χ0n) is 25.5. The number of hydrogen-bond donors (Lipinski definition) is 0. The Morgan fingerprint density at radius 3 is 1.98 bits per heavy atom. The summed E-state index contributed by atoms with van der Waals surface area (Å²) in [6, 6.07) is 8.04. The molecule has 2 heterocycles. The Kier molecular flexibility index (Phi) is 12.7. The fraction of sp³-hybridized carbons (Fsp3) is 0.657. The summed E-state index contributed by atoms with van der Waals surface area (Å²) < 4.78 is 5.59. The molecule has 1 fully saturated rings. The molecule has 220 valence electrons. The van der Waals surface area contributed by atoms with E-state index in [1.54, 1.807) is 6.08 Å². The summed E-state index contributed by atoms with van der Waals surface area (Å²) in [7, 11) is -2.06. The number of allylic oxidation sites excluding steroid dienone is 4. The second kappa shape index (κ2) is 16.5. The van der Waals surface area contributed by atoms with Crippen molar-refractivity contribution in [2.45, 2.75) is 122 Å². The number of morpholine rings is 1. The summed E-state index contributed by atoms with van der Waals surface area (Å²) in [5.74, 6) is 0.118. The molecule has 0 spiro atoms. The summed E-state index contributed by atoms with van der Waals surface area (Å²) in [5.41, 5.74) is 3.43. The monoisotopic (exact) mass is 562 g/mol. The molecule has 4 rings (SSSR count). The Morgan fingerprint density at radius 2 is 1.38 bits per heavy atom. The molecule has 1 unspecified atom stereocenters. The van der Waals surface area contributed by atoms with Gasteiger partial charge in [0.1, 0.15) is 8.07 Å². The maximum absolute atomic E-state index is 12.4. The Balaban J connectivity index is 1.21. The van der Waals surface area contributed by atoms with Crippen molar-refractivity contribution in [1.29, 1.82) is 0 Å². The number of ketones is 1. The van der Waals surface area contributed by atoms with Crippen LogP contribution in [-0.4, -0.2) is 45.9 Å². The first-order valence-electron chi connectivity index (χ1n) is 16.6. The van der Waals surface area contributed by atoms with E-state index in [-0.39, 0.29) is 5.78 Å². The minimum absolute atomic E-state index is 0.118. The maximum Gasteiger partial charge on any atom is 0.178 e. The van der Waals surface area contributed by atoms with Gasteiger partial charge in [-0.3, -0.25) is 4.79 Å². The van der Waals surface area contributed by atoms with Crippen LogP contribution < -0.4 is 10.1 Å². The van der Waals surface area contributed by atoms with E-state index >= 15 is 0 Å². The van der Waals surface area contributed by atoms with Crippen LogP contribution in [0.3, 0.4) is 0 Å². The zero-order valence-corrected chi connectivity index (χ0v) is 26.5. The predicted molar refractivity (Wildman–Crippen MR) is 174 cm³/mol. The van der Waals surface area contributed by atoms with Crippen LogP contribution in [-0.2, 0) is 9.53 Å². The van der Waals surface area contributed by atoms with E-state index in [2.05, 4.69) is 36.6 Å². The number of ether oxygens (including phenoxy) is 1. The summed E-state index contributed by atoms with van der Waals surface area (Å²) in [5, 5.41) is 2.66. The lowest BCUT2D eigenvalue weighted by Gasteiger charge is -2.38. The molecule has 1 aromatic rings. The third-order valence-corrected chi connectivity index (χ3v) is 13.8. The van der Waals surface area contributed by atoms with Gasteiger partial charge in [-0.15, -0.1) is 0 Å². The molecule has 3 aliphatic rings. The zero-order chi connectivity index (χ0) is 28.0. The molecular formula is C35H54N2O2Si. The van der Waals surface area contributed by atoms with Crippen LogP contribution in [0.5, 0.6) is 0 Å². The van der Waals surface area contributed by atoms with Crippen LogP contribution in [0.2, 0.25) is 12.6 Å².